The Morgan fingerprint density at radius 3 is 2.33 bits per heavy atom. The Balaban J connectivity index is 1.96. The summed E-state index contributed by atoms with van der Waals surface area (Å²) in [5.41, 5.74) is 0.800. The molecule has 2 heterocycles. The molecule has 0 radical (unpaired) electrons. The number of hydrogen-bond donors (Lipinski definition) is 1. The third-order valence-electron chi connectivity index (χ3n) is 4.87. The second kappa shape index (κ2) is 7.60. The zero-order valence-corrected chi connectivity index (χ0v) is 15.5. The fraction of sp³-hybridized carbons (Fsp3) is 0.0435. The fourth-order valence-corrected chi connectivity index (χ4v) is 3.45. The number of halogens is 1. The van der Waals surface area contributed by atoms with E-state index in [1.807, 2.05) is 6.07 Å². The molecule has 1 amide bonds. The van der Waals surface area contributed by atoms with Gasteiger partial charge in [0.1, 0.15) is 11.6 Å². The third-order valence-corrected chi connectivity index (χ3v) is 4.87. The average Bonchev–Trinajstić information content (AvgIpc) is 3.04. The molecule has 1 N–H and O–H groups in total. The minimum atomic E-state index is -1.17. The van der Waals surface area contributed by atoms with Crippen molar-refractivity contribution in [1.82, 2.24) is 4.98 Å². The van der Waals surface area contributed by atoms with Gasteiger partial charge in [-0.25, -0.2) is 4.39 Å². The van der Waals surface area contributed by atoms with E-state index in [2.05, 4.69) is 4.98 Å². The maximum Gasteiger partial charge on any atom is 0.300 e. The molecule has 1 aliphatic rings. The van der Waals surface area contributed by atoms with E-state index in [0.717, 1.165) is 4.90 Å². The fourth-order valence-electron chi connectivity index (χ4n) is 3.45. The highest BCUT2D eigenvalue weighted by Crippen LogP contribution is 2.42. The zero-order valence-electron chi connectivity index (χ0n) is 15.5. The predicted octanol–water partition coefficient (Wildman–Crippen LogP) is 3.72. The summed E-state index contributed by atoms with van der Waals surface area (Å²) in [6.45, 7) is 0. The molecule has 1 aromatic heterocycles. The van der Waals surface area contributed by atoms with Crippen molar-refractivity contribution in [2.24, 2.45) is 0 Å². The summed E-state index contributed by atoms with van der Waals surface area (Å²) in [7, 11) is 0. The van der Waals surface area contributed by atoms with Crippen molar-refractivity contribution >= 4 is 23.1 Å². The van der Waals surface area contributed by atoms with Crippen LogP contribution in [0.25, 0.3) is 5.76 Å². The Labute approximate surface area is 171 Å². The molecule has 0 aliphatic carbocycles. The Morgan fingerprint density at radius 2 is 1.70 bits per heavy atom. The largest absolute Gasteiger partial charge is 0.507 e. The first-order valence-electron chi connectivity index (χ1n) is 8.99. The molecule has 1 fully saturated rings. The number of nitrogens with zero attached hydrogens (tertiary/aromatic N) is 3. The van der Waals surface area contributed by atoms with Crippen LogP contribution in [-0.4, -0.2) is 21.8 Å². The SMILES string of the molecule is N#Cc1ccc(N2C(=O)C(=O)/C(=C(\O)c3ccncc3)C2c2ccccc2F)cc1. The van der Waals surface area contributed by atoms with E-state index in [-0.39, 0.29) is 16.7 Å². The van der Waals surface area contributed by atoms with Gasteiger partial charge in [-0.15, -0.1) is 0 Å². The van der Waals surface area contributed by atoms with E-state index < -0.39 is 29.3 Å². The van der Waals surface area contributed by atoms with E-state index >= 15 is 0 Å². The number of amides is 1. The van der Waals surface area contributed by atoms with Crippen molar-refractivity contribution in [3.63, 3.8) is 0 Å². The van der Waals surface area contributed by atoms with Crippen molar-refractivity contribution in [3.8, 4) is 6.07 Å². The number of anilines is 1. The smallest absolute Gasteiger partial charge is 0.300 e. The maximum absolute atomic E-state index is 14.7. The number of aliphatic hydroxyl groups excluding tert-OH is 1. The number of ketones is 1. The lowest BCUT2D eigenvalue weighted by Crippen LogP contribution is -2.29. The molecule has 1 unspecified atom stereocenters. The molecule has 1 atom stereocenters. The lowest BCUT2D eigenvalue weighted by Gasteiger charge is -2.25. The monoisotopic (exact) mass is 399 g/mol. The molecule has 3 aromatic rings. The first kappa shape index (κ1) is 19.0. The molecule has 2 aromatic carbocycles. The molecule has 30 heavy (non-hydrogen) atoms. The molecule has 4 rings (SSSR count). The van der Waals surface area contributed by atoms with Crippen molar-refractivity contribution in [2.45, 2.75) is 6.04 Å². The number of rotatable bonds is 3. The highest BCUT2D eigenvalue weighted by atomic mass is 19.1. The summed E-state index contributed by atoms with van der Waals surface area (Å²) in [4.78, 5) is 30.9. The number of hydrogen-bond acceptors (Lipinski definition) is 5. The zero-order chi connectivity index (χ0) is 21.3. The van der Waals surface area contributed by atoms with Gasteiger partial charge in [0.05, 0.1) is 23.2 Å². The van der Waals surface area contributed by atoms with Gasteiger partial charge in [0.2, 0.25) is 0 Å². The van der Waals surface area contributed by atoms with Gasteiger partial charge in [-0.05, 0) is 42.5 Å². The van der Waals surface area contributed by atoms with Crippen LogP contribution in [0.15, 0.2) is 78.6 Å². The number of benzene rings is 2. The lowest BCUT2D eigenvalue weighted by molar-refractivity contribution is -0.132. The molecule has 6 nitrogen and oxygen atoms in total. The summed E-state index contributed by atoms with van der Waals surface area (Å²) in [5.74, 6) is -2.87. The van der Waals surface area contributed by atoms with Crippen molar-refractivity contribution in [3.05, 3.63) is 101 Å². The molecule has 0 spiro atoms. The van der Waals surface area contributed by atoms with E-state index in [9.17, 15) is 19.1 Å². The van der Waals surface area contributed by atoms with Crippen LogP contribution in [0.4, 0.5) is 10.1 Å². The standard InChI is InChI=1S/C23H14FN3O3/c24-18-4-2-1-3-17(18)20-19(21(28)15-9-11-26-12-10-15)22(29)23(30)27(20)16-7-5-14(13-25)6-8-16/h1-12,20,28H/b21-19-. The Hall–Kier alpha value is -4.31. The summed E-state index contributed by atoms with van der Waals surface area (Å²) in [5, 5.41) is 19.9. The van der Waals surface area contributed by atoms with Crippen LogP contribution in [0, 0.1) is 17.1 Å². The first-order valence-corrected chi connectivity index (χ1v) is 8.99. The molecular formula is C23H14FN3O3. The summed E-state index contributed by atoms with van der Waals surface area (Å²) in [6, 6.07) is 15.5. The third kappa shape index (κ3) is 3.10. The van der Waals surface area contributed by atoms with Gasteiger partial charge in [-0.2, -0.15) is 5.26 Å². The van der Waals surface area contributed by atoms with Crippen LogP contribution in [0.2, 0.25) is 0 Å². The van der Waals surface area contributed by atoms with Gasteiger partial charge in [-0.3, -0.25) is 19.5 Å². The van der Waals surface area contributed by atoms with Crippen molar-refractivity contribution in [1.29, 1.82) is 5.26 Å². The topological polar surface area (TPSA) is 94.3 Å². The van der Waals surface area contributed by atoms with Gasteiger partial charge in [0.15, 0.2) is 0 Å². The molecule has 1 aliphatic heterocycles. The average molecular weight is 399 g/mol. The van der Waals surface area contributed by atoms with E-state index in [0.29, 0.717) is 11.3 Å². The normalized spacial score (nSPS) is 17.7. The second-order valence-corrected chi connectivity index (χ2v) is 6.59. The molecule has 7 heteroatoms. The molecule has 1 saturated heterocycles. The van der Waals surface area contributed by atoms with Gasteiger partial charge in [-0.1, -0.05) is 18.2 Å². The van der Waals surface area contributed by atoms with Gasteiger partial charge in [0, 0.05) is 29.2 Å². The maximum atomic E-state index is 14.7. The summed E-state index contributed by atoms with van der Waals surface area (Å²) < 4.78 is 14.7. The predicted molar refractivity (Wildman–Crippen MR) is 107 cm³/mol. The minimum Gasteiger partial charge on any atom is -0.507 e. The van der Waals surface area contributed by atoms with Crippen LogP contribution in [-0.2, 0) is 9.59 Å². The molecule has 146 valence electrons. The number of carbonyl (C=O) groups excluding carboxylic acids is 2. The Kier molecular flexibility index (Phi) is 4.82. The number of pyridine rings is 1. The van der Waals surface area contributed by atoms with E-state index in [4.69, 9.17) is 5.26 Å². The first-order chi connectivity index (χ1) is 14.5. The molecule has 0 saturated carbocycles. The second-order valence-electron chi connectivity index (χ2n) is 6.59. The number of carbonyl (C=O) groups is 2. The van der Waals surface area contributed by atoms with Crippen LogP contribution in [0.1, 0.15) is 22.7 Å². The van der Waals surface area contributed by atoms with Crippen LogP contribution in [0.5, 0.6) is 0 Å². The van der Waals surface area contributed by atoms with E-state index in [1.54, 1.807) is 6.07 Å². The molecular weight excluding hydrogens is 385 g/mol. The number of nitriles is 1. The van der Waals surface area contributed by atoms with Gasteiger partial charge in [0.25, 0.3) is 11.7 Å². The lowest BCUT2D eigenvalue weighted by atomic mass is 9.95. The highest BCUT2D eigenvalue weighted by molar-refractivity contribution is 6.51. The molecule has 0 bridgehead atoms. The summed E-state index contributed by atoms with van der Waals surface area (Å²) in [6.07, 6.45) is 2.87. The van der Waals surface area contributed by atoms with Crippen molar-refractivity contribution in [2.75, 3.05) is 4.90 Å². The quantitative estimate of drug-likeness (QED) is 0.412. The Bertz CT molecular complexity index is 1210. The van der Waals surface area contributed by atoms with Crippen LogP contribution >= 0.6 is 0 Å². The number of aromatic nitrogens is 1. The van der Waals surface area contributed by atoms with Gasteiger partial charge < -0.3 is 5.11 Å². The number of aliphatic hydroxyl groups is 1. The van der Waals surface area contributed by atoms with E-state index in [1.165, 1.54) is 67.0 Å². The van der Waals surface area contributed by atoms with Crippen LogP contribution < -0.4 is 4.90 Å². The van der Waals surface area contributed by atoms with Gasteiger partial charge >= 0.3 is 0 Å². The van der Waals surface area contributed by atoms with Crippen LogP contribution in [0.3, 0.4) is 0 Å². The van der Waals surface area contributed by atoms with Crippen molar-refractivity contribution < 1.29 is 19.1 Å². The minimum absolute atomic E-state index is 0.0664. The Morgan fingerprint density at radius 1 is 1.03 bits per heavy atom. The number of Topliss-reactive ketones (excluding diaryl/α,β-unsaturated/α-hetero) is 1. The summed E-state index contributed by atoms with van der Waals surface area (Å²) >= 11 is 0. The highest BCUT2D eigenvalue weighted by Gasteiger charge is 2.47.